The lowest BCUT2D eigenvalue weighted by atomic mass is 10.1. The number of thiazole rings is 1. The largest absolute Gasteiger partial charge is 0.464 e. The summed E-state index contributed by atoms with van der Waals surface area (Å²) >= 11 is 1.28. The van der Waals surface area contributed by atoms with Gasteiger partial charge in [-0.15, -0.1) is 11.3 Å². The van der Waals surface area contributed by atoms with Crippen molar-refractivity contribution in [1.82, 2.24) is 10.1 Å². The van der Waals surface area contributed by atoms with Gasteiger partial charge in [0.15, 0.2) is 10.8 Å². The third-order valence-electron chi connectivity index (χ3n) is 4.31. The fraction of sp³-hybridized carbons (Fsp3) is 0.300. The highest BCUT2D eigenvalue weighted by Crippen LogP contribution is 2.27. The molecular formula is C20H21N3O4S. The summed E-state index contributed by atoms with van der Waals surface area (Å²) in [6.45, 7) is 3.68. The molecule has 0 bridgehead atoms. The summed E-state index contributed by atoms with van der Waals surface area (Å²) in [6, 6.07) is 9.75. The standard InChI is InChI=1S/C20H21N3O4S/c1-12-15(13(2)27-23-12)9-10-17(24)21-20-22-18(19(25)26-3)16(28-20)11-14-7-5-4-6-8-14/h4-8H,9-11H2,1-3H3,(H,21,22,24). The van der Waals surface area contributed by atoms with Crippen LogP contribution in [0.1, 0.15) is 44.4 Å². The summed E-state index contributed by atoms with van der Waals surface area (Å²) in [5, 5.41) is 7.06. The molecule has 0 spiro atoms. The minimum atomic E-state index is -0.515. The van der Waals surface area contributed by atoms with Crippen LogP contribution in [0.4, 0.5) is 5.13 Å². The molecule has 1 aromatic carbocycles. The number of rotatable bonds is 7. The van der Waals surface area contributed by atoms with Crippen LogP contribution in [0, 0.1) is 13.8 Å². The van der Waals surface area contributed by atoms with Crippen molar-refractivity contribution in [2.24, 2.45) is 0 Å². The van der Waals surface area contributed by atoms with Crippen LogP contribution in [0.5, 0.6) is 0 Å². The average Bonchev–Trinajstić information content (AvgIpc) is 3.23. The number of benzene rings is 1. The second-order valence-corrected chi connectivity index (χ2v) is 7.38. The molecule has 0 atom stereocenters. The molecule has 0 unspecified atom stereocenters. The molecule has 3 aromatic rings. The number of methoxy groups -OCH3 is 1. The summed E-state index contributed by atoms with van der Waals surface area (Å²) in [5.41, 5.74) is 3.01. The summed E-state index contributed by atoms with van der Waals surface area (Å²) in [4.78, 5) is 29.4. The molecule has 0 aliphatic rings. The first-order chi connectivity index (χ1) is 13.5. The lowest BCUT2D eigenvalue weighted by molar-refractivity contribution is -0.116. The molecule has 7 nitrogen and oxygen atoms in total. The Labute approximate surface area is 166 Å². The molecule has 2 heterocycles. The van der Waals surface area contributed by atoms with Gasteiger partial charge in [0.2, 0.25) is 5.91 Å². The maximum atomic E-state index is 12.3. The van der Waals surface area contributed by atoms with Gasteiger partial charge >= 0.3 is 5.97 Å². The number of carbonyl (C=O) groups excluding carboxylic acids is 2. The van der Waals surface area contributed by atoms with Crippen molar-refractivity contribution in [2.75, 3.05) is 12.4 Å². The molecule has 0 radical (unpaired) electrons. The number of ether oxygens (including phenoxy) is 1. The fourth-order valence-electron chi connectivity index (χ4n) is 2.84. The Balaban J connectivity index is 1.71. The van der Waals surface area contributed by atoms with Gasteiger partial charge < -0.3 is 14.6 Å². The first-order valence-corrected chi connectivity index (χ1v) is 9.63. The van der Waals surface area contributed by atoms with Crippen LogP contribution in [-0.2, 0) is 22.4 Å². The maximum absolute atomic E-state index is 12.3. The zero-order valence-corrected chi connectivity index (χ0v) is 16.8. The maximum Gasteiger partial charge on any atom is 0.357 e. The lowest BCUT2D eigenvalue weighted by Crippen LogP contribution is -2.13. The SMILES string of the molecule is COC(=O)c1nc(NC(=O)CCc2c(C)noc2C)sc1Cc1ccccc1. The smallest absolute Gasteiger partial charge is 0.357 e. The molecule has 1 N–H and O–H groups in total. The van der Waals surface area contributed by atoms with Gasteiger partial charge in [0.25, 0.3) is 0 Å². The molecular weight excluding hydrogens is 378 g/mol. The Hall–Kier alpha value is -3.00. The molecule has 0 aliphatic carbocycles. The normalized spacial score (nSPS) is 10.7. The monoisotopic (exact) mass is 399 g/mol. The Bertz CT molecular complexity index is 959. The number of hydrogen-bond acceptors (Lipinski definition) is 7. The van der Waals surface area contributed by atoms with Gasteiger partial charge in [-0.1, -0.05) is 35.5 Å². The minimum absolute atomic E-state index is 0.184. The summed E-state index contributed by atoms with van der Waals surface area (Å²) < 4.78 is 9.95. The first-order valence-electron chi connectivity index (χ1n) is 8.81. The van der Waals surface area contributed by atoms with E-state index in [1.165, 1.54) is 18.4 Å². The predicted octanol–water partition coefficient (Wildman–Crippen LogP) is 3.70. The molecule has 3 rings (SSSR count). The summed E-state index contributed by atoms with van der Waals surface area (Å²) in [7, 11) is 1.32. The summed E-state index contributed by atoms with van der Waals surface area (Å²) in [6.07, 6.45) is 1.33. The molecule has 0 saturated heterocycles. The minimum Gasteiger partial charge on any atom is -0.464 e. The summed E-state index contributed by atoms with van der Waals surface area (Å²) in [5.74, 6) is 0.0208. The number of aromatic nitrogens is 2. The van der Waals surface area contributed by atoms with E-state index in [1.807, 2.05) is 44.2 Å². The third-order valence-corrected chi connectivity index (χ3v) is 5.28. The van der Waals surface area contributed by atoms with Crippen molar-refractivity contribution >= 4 is 28.3 Å². The number of carbonyl (C=O) groups is 2. The Morgan fingerprint density at radius 1 is 1.21 bits per heavy atom. The van der Waals surface area contributed by atoms with Crippen LogP contribution in [0.25, 0.3) is 0 Å². The number of hydrogen-bond donors (Lipinski definition) is 1. The molecule has 1 amide bonds. The van der Waals surface area contributed by atoms with Crippen LogP contribution in [0.15, 0.2) is 34.9 Å². The zero-order valence-electron chi connectivity index (χ0n) is 15.9. The van der Waals surface area contributed by atoms with Crippen molar-refractivity contribution in [1.29, 1.82) is 0 Å². The molecule has 2 aromatic heterocycles. The number of amides is 1. The van der Waals surface area contributed by atoms with E-state index in [0.717, 1.165) is 27.5 Å². The van der Waals surface area contributed by atoms with Crippen LogP contribution >= 0.6 is 11.3 Å². The van der Waals surface area contributed by atoms with Crippen molar-refractivity contribution in [3.05, 3.63) is 63.5 Å². The molecule has 146 valence electrons. The highest BCUT2D eigenvalue weighted by atomic mass is 32.1. The van der Waals surface area contributed by atoms with Crippen molar-refractivity contribution in [2.45, 2.75) is 33.1 Å². The molecule has 0 fully saturated rings. The quantitative estimate of drug-likeness (QED) is 0.609. The highest BCUT2D eigenvalue weighted by molar-refractivity contribution is 7.16. The van der Waals surface area contributed by atoms with E-state index >= 15 is 0 Å². The number of anilines is 1. The van der Waals surface area contributed by atoms with Crippen LogP contribution in [0.2, 0.25) is 0 Å². The molecule has 28 heavy (non-hydrogen) atoms. The van der Waals surface area contributed by atoms with Gasteiger partial charge in [-0.2, -0.15) is 0 Å². The second kappa shape index (κ2) is 8.79. The van der Waals surface area contributed by atoms with E-state index in [0.29, 0.717) is 18.0 Å². The van der Waals surface area contributed by atoms with Crippen LogP contribution < -0.4 is 5.32 Å². The molecule has 8 heteroatoms. The van der Waals surface area contributed by atoms with Gasteiger partial charge in [-0.05, 0) is 25.8 Å². The average molecular weight is 399 g/mol. The fourth-order valence-corrected chi connectivity index (χ4v) is 3.84. The second-order valence-electron chi connectivity index (χ2n) is 6.30. The van der Waals surface area contributed by atoms with Gasteiger partial charge in [0.05, 0.1) is 12.8 Å². The highest BCUT2D eigenvalue weighted by Gasteiger charge is 2.20. The number of nitrogens with zero attached hydrogens (tertiary/aromatic N) is 2. The predicted molar refractivity (Wildman–Crippen MR) is 106 cm³/mol. The van der Waals surface area contributed by atoms with Crippen molar-refractivity contribution in [3.63, 3.8) is 0 Å². The van der Waals surface area contributed by atoms with E-state index < -0.39 is 5.97 Å². The van der Waals surface area contributed by atoms with Crippen molar-refractivity contribution in [3.8, 4) is 0 Å². The van der Waals surface area contributed by atoms with Crippen molar-refractivity contribution < 1.29 is 18.8 Å². The number of aryl methyl sites for hydroxylation is 2. The molecule has 0 saturated carbocycles. The molecule has 0 aliphatic heterocycles. The number of nitrogens with one attached hydrogen (secondary N) is 1. The Kier molecular flexibility index (Phi) is 6.20. The third kappa shape index (κ3) is 4.64. The van der Waals surface area contributed by atoms with Gasteiger partial charge in [-0.3, -0.25) is 4.79 Å². The zero-order chi connectivity index (χ0) is 20.1. The topological polar surface area (TPSA) is 94.3 Å². The number of esters is 1. The van der Waals surface area contributed by atoms with Gasteiger partial charge in [0, 0.05) is 23.3 Å². The van der Waals surface area contributed by atoms with E-state index in [1.54, 1.807) is 0 Å². The van der Waals surface area contributed by atoms with E-state index in [9.17, 15) is 9.59 Å². The van der Waals surface area contributed by atoms with Crippen LogP contribution in [-0.4, -0.2) is 29.1 Å². The van der Waals surface area contributed by atoms with E-state index in [2.05, 4.69) is 15.5 Å². The Morgan fingerprint density at radius 2 is 1.96 bits per heavy atom. The van der Waals surface area contributed by atoms with Gasteiger partial charge in [-0.25, -0.2) is 9.78 Å². The van der Waals surface area contributed by atoms with Gasteiger partial charge in [0.1, 0.15) is 5.76 Å². The van der Waals surface area contributed by atoms with Crippen LogP contribution in [0.3, 0.4) is 0 Å². The Morgan fingerprint density at radius 3 is 2.61 bits per heavy atom. The first kappa shape index (κ1) is 19.8. The van der Waals surface area contributed by atoms with E-state index in [4.69, 9.17) is 9.26 Å². The van der Waals surface area contributed by atoms with E-state index in [-0.39, 0.29) is 18.0 Å². The lowest BCUT2D eigenvalue weighted by Gasteiger charge is -2.01.